The summed E-state index contributed by atoms with van der Waals surface area (Å²) >= 11 is 3.81. The van der Waals surface area contributed by atoms with Crippen LogP contribution in [0, 0.1) is 0 Å². The largest absolute Gasteiger partial charge is 0.454 e. The van der Waals surface area contributed by atoms with E-state index in [2.05, 4.69) is 269 Å². The predicted octanol–water partition coefficient (Wildman–Crippen LogP) is 19.6. The lowest BCUT2D eigenvalue weighted by molar-refractivity contribution is 0.669. The van der Waals surface area contributed by atoms with E-state index in [1.807, 2.05) is 22.7 Å². The number of nitrogens with zero attached hydrogens (tertiary/aromatic N) is 3. The second kappa shape index (κ2) is 16.7. The van der Waals surface area contributed by atoms with Crippen LogP contribution in [0.5, 0.6) is 0 Å². The second-order valence-electron chi connectivity index (χ2n) is 21.8. The summed E-state index contributed by atoms with van der Waals surface area (Å²) in [5.41, 5.74) is 20.3. The van der Waals surface area contributed by atoms with Crippen molar-refractivity contribution < 1.29 is 8.83 Å². The van der Waals surface area contributed by atoms with Crippen molar-refractivity contribution in [1.29, 1.82) is 0 Å². The van der Waals surface area contributed by atoms with Gasteiger partial charge in [-0.15, -0.1) is 22.7 Å². The third kappa shape index (κ3) is 6.01. The maximum absolute atomic E-state index is 7.34. The molecule has 7 heterocycles. The first-order chi connectivity index (χ1) is 40.7. The van der Waals surface area contributed by atoms with Crippen molar-refractivity contribution in [3.63, 3.8) is 0 Å². The average molecular weight is 1080 g/mol. The van der Waals surface area contributed by atoms with E-state index in [-0.39, 0.29) is 6.71 Å². The number of anilines is 6. The van der Waals surface area contributed by atoms with Gasteiger partial charge in [0.1, 0.15) is 11.2 Å². The van der Waals surface area contributed by atoms with Crippen molar-refractivity contribution in [2.75, 3.05) is 9.80 Å². The standard InChI is InChI=1S/C74H42BN3O2S2/c1-3-19-43(20-4-1)46-36-38-53-50-25-9-15-31-62(50)79-71(53)67(46)77-60-40-35-45(76-58-29-13-7-23-48(58)49-24-8-14-30-59(49)76)41-57(60)75-66-61(42-56-52-27-11-17-33-64(52)81-73(56)70(66)77)78(69-55-28-12-18-34-65(55)82-74(69)75)68-47(44-21-5-2-6-22-44)37-39-54-51-26-10-16-32-63(51)80-72(54)68/h1-42H. The zero-order chi connectivity index (χ0) is 53.3. The maximum Gasteiger partial charge on any atom is 0.264 e. The van der Waals surface area contributed by atoms with Gasteiger partial charge in [-0.25, -0.2) is 0 Å². The molecule has 0 fully saturated rings. The van der Waals surface area contributed by atoms with Gasteiger partial charge in [-0.3, -0.25) is 0 Å². The van der Waals surface area contributed by atoms with Crippen molar-refractivity contribution in [3.8, 4) is 27.9 Å². The van der Waals surface area contributed by atoms with E-state index in [1.54, 1.807) is 0 Å². The highest BCUT2D eigenvalue weighted by Gasteiger charge is 2.48. The van der Waals surface area contributed by atoms with Crippen LogP contribution >= 0.6 is 22.7 Å². The molecule has 0 unspecified atom stereocenters. The number of aromatic nitrogens is 1. The maximum atomic E-state index is 7.34. The van der Waals surface area contributed by atoms with Crippen LogP contribution in [0.25, 0.3) is 124 Å². The number of benzene rings is 12. The summed E-state index contributed by atoms with van der Waals surface area (Å²) in [6, 6.07) is 93.6. The molecule has 12 aromatic carbocycles. The van der Waals surface area contributed by atoms with Crippen molar-refractivity contribution in [1.82, 2.24) is 4.57 Å². The fourth-order valence-electron chi connectivity index (χ4n) is 14.2. The summed E-state index contributed by atoms with van der Waals surface area (Å²) in [4.78, 5) is 5.25. The second-order valence-corrected chi connectivity index (χ2v) is 23.9. The van der Waals surface area contributed by atoms with E-state index in [1.165, 1.54) is 73.5 Å². The Kier molecular flexibility index (Phi) is 9.12. The van der Waals surface area contributed by atoms with Crippen LogP contribution in [0.3, 0.4) is 0 Å². The minimum Gasteiger partial charge on any atom is -0.454 e. The lowest BCUT2D eigenvalue weighted by Crippen LogP contribution is -2.60. The van der Waals surface area contributed by atoms with Crippen LogP contribution < -0.4 is 25.5 Å². The van der Waals surface area contributed by atoms with Gasteiger partial charge in [0.15, 0.2) is 11.2 Å². The first-order valence-electron chi connectivity index (χ1n) is 27.9. The molecule has 380 valence electrons. The van der Waals surface area contributed by atoms with Crippen LogP contribution in [-0.2, 0) is 0 Å². The number of thiophene rings is 2. The Morgan fingerprint density at radius 1 is 0.341 bits per heavy atom. The van der Waals surface area contributed by atoms with Crippen LogP contribution in [0.4, 0.5) is 34.1 Å². The molecule has 5 nitrogen and oxygen atoms in total. The van der Waals surface area contributed by atoms with Gasteiger partial charge in [-0.05, 0) is 94.8 Å². The minimum atomic E-state index is -0.201. The molecule has 0 radical (unpaired) electrons. The molecule has 0 bridgehead atoms. The predicted molar refractivity (Wildman–Crippen MR) is 349 cm³/mol. The van der Waals surface area contributed by atoms with E-state index in [0.717, 1.165) is 100 Å². The molecule has 2 aliphatic heterocycles. The van der Waals surface area contributed by atoms with E-state index in [4.69, 9.17) is 8.83 Å². The quantitative estimate of drug-likeness (QED) is 0.161. The number of furan rings is 2. The summed E-state index contributed by atoms with van der Waals surface area (Å²) < 4.78 is 22.1. The normalized spacial score (nSPS) is 13.0. The lowest BCUT2D eigenvalue weighted by atomic mass is 9.36. The Morgan fingerprint density at radius 3 is 1.45 bits per heavy atom. The van der Waals surface area contributed by atoms with Crippen LogP contribution in [0.15, 0.2) is 264 Å². The van der Waals surface area contributed by atoms with Gasteiger partial charge in [-0.2, -0.15) is 0 Å². The molecule has 5 aromatic heterocycles. The topological polar surface area (TPSA) is 37.7 Å². The molecule has 2 aliphatic rings. The molecule has 19 rings (SSSR count). The Morgan fingerprint density at radius 2 is 0.841 bits per heavy atom. The van der Waals surface area contributed by atoms with Crippen molar-refractivity contribution >= 4 is 175 Å². The monoisotopic (exact) mass is 1080 g/mol. The smallest absolute Gasteiger partial charge is 0.264 e. The zero-order valence-corrected chi connectivity index (χ0v) is 45.4. The van der Waals surface area contributed by atoms with Crippen molar-refractivity contribution in [3.05, 3.63) is 255 Å². The Labute approximate surface area is 478 Å². The molecule has 0 atom stereocenters. The molecule has 0 saturated carbocycles. The summed E-state index contributed by atoms with van der Waals surface area (Å²) in [5.74, 6) is 0. The third-order valence-electron chi connectivity index (χ3n) is 17.6. The van der Waals surface area contributed by atoms with E-state index in [0.29, 0.717) is 0 Å². The first-order valence-corrected chi connectivity index (χ1v) is 29.6. The SMILES string of the molecule is c1ccc(-c2ccc3c(oc4ccccc43)c2N2c3cc4c(sc5ccccc54)c4c3B(c3cc(-n5c6ccccc6c6ccccc65)ccc3N4c3c(-c4ccccc4)ccc4c3oc3ccccc34)c3sc4ccccc4c32)cc1. The Bertz CT molecular complexity index is 5520. The number of rotatable bonds is 5. The van der Waals surface area contributed by atoms with Crippen LogP contribution in [-0.4, -0.2) is 11.3 Å². The number of hydrogen-bond acceptors (Lipinski definition) is 6. The Hall–Kier alpha value is -10.1. The van der Waals surface area contributed by atoms with Gasteiger partial charge in [0.25, 0.3) is 6.71 Å². The average Bonchev–Trinajstić information content (AvgIpc) is 1.62. The van der Waals surface area contributed by atoms with E-state index < -0.39 is 0 Å². The molecule has 0 spiro atoms. The molecule has 8 heteroatoms. The third-order valence-corrected chi connectivity index (χ3v) is 20.0. The molecule has 0 amide bonds. The summed E-state index contributed by atoms with van der Waals surface area (Å²) in [7, 11) is 0. The fourth-order valence-corrected chi connectivity index (χ4v) is 16.7. The highest BCUT2D eigenvalue weighted by Crippen LogP contribution is 2.58. The molecule has 82 heavy (non-hydrogen) atoms. The van der Waals surface area contributed by atoms with E-state index >= 15 is 0 Å². The van der Waals surface area contributed by atoms with E-state index in [9.17, 15) is 0 Å². The number of hydrogen-bond donors (Lipinski definition) is 0. The Balaban J connectivity index is 1.03. The summed E-state index contributed by atoms with van der Waals surface area (Å²) in [5, 5.41) is 10.4. The molecular formula is C74H42BN3O2S2. The summed E-state index contributed by atoms with van der Waals surface area (Å²) in [6.45, 7) is -0.201. The molecule has 17 aromatic rings. The van der Waals surface area contributed by atoms with Gasteiger partial charge < -0.3 is 23.2 Å². The lowest BCUT2D eigenvalue weighted by Gasteiger charge is -2.44. The molecular weight excluding hydrogens is 1040 g/mol. The minimum absolute atomic E-state index is 0.201. The van der Waals surface area contributed by atoms with Gasteiger partial charge in [0.05, 0.1) is 38.5 Å². The van der Waals surface area contributed by atoms with Gasteiger partial charge in [0.2, 0.25) is 0 Å². The van der Waals surface area contributed by atoms with Crippen molar-refractivity contribution in [2.45, 2.75) is 0 Å². The number of fused-ring (bicyclic) bond motifs is 19. The van der Waals surface area contributed by atoms with Gasteiger partial charge in [-0.1, -0.05) is 182 Å². The van der Waals surface area contributed by atoms with Crippen LogP contribution in [0.2, 0.25) is 0 Å². The summed E-state index contributed by atoms with van der Waals surface area (Å²) in [6.07, 6.45) is 0. The molecule has 0 aliphatic carbocycles. The number of para-hydroxylation sites is 4. The fraction of sp³-hybridized carbons (Fsp3) is 0. The van der Waals surface area contributed by atoms with Gasteiger partial charge in [0, 0.05) is 90.8 Å². The highest BCUT2D eigenvalue weighted by atomic mass is 32.1. The van der Waals surface area contributed by atoms with Crippen LogP contribution in [0.1, 0.15) is 0 Å². The molecule has 0 saturated heterocycles. The highest BCUT2D eigenvalue weighted by molar-refractivity contribution is 7.34. The van der Waals surface area contributed by atoms with Crippen molar-refractivity contribution in [2.24, 2.45) is 0 Å². The first kappa shape index (κ1) is 44.7. The zero-order valence-electron chi connectivity index (χ0n) is 43.8. The van der Waals surface area contributed by atoms with Gasteiger partial charge >= 0.3 is 0 Å². The molecule has 0 N–H and O–H groups in total.